The molecule has 5 heteroatoms. The fourth-order valence-electron chi connectivity index (χ4n) is 2.37. The molecule has 0 saturated carbocycles. The molecule has 0 bridgehead atoms. The summed E-state index contributed by atoms with van der Waals surface area (Å²) in [6, 6.07) is 6.14. The van der Waals surface area contributed by atoms with Gasteiger partial charge in [0.25, 0.3) is 0 Å². The average Bonchev–Trinajstić information content (AvgIpc) is 2.39. The number of hydrogen-bond acceptors (Lipinski definition) is 4. The van der Waals surface area contributed by atoms with Gasteiger partial charge in [0, 0.05) is 37.8 Å². The number of piperidine rings is 1. The van der Waals surface area contributed by atoms with Gasteiger partial charge >= 0.3 is 0 Å². The van der Waals surface area contributed by atoms with Gasteiger partial charge in [-0.2, -0.15) is 0 Å². The smallest absolute Gasteiger partial charge is 0.221 e. The minimum atomic E-state index is -0.0754. The number of nitrogens with one attached hydrogen (secondary N) is 1. The molecule has 1 atom stereocenters. The summed E-state index contributed by atoms with van der Waals surface area (Å²) in [7, 11) is 0. The van der Waals surface area contributed by atoms with E-state index in [0.29, 0.717) is 6.42 Å². The van der Waals surface area contributed by atoms with Crippen LogP contribution in [0.15, 0.2) is 24.4 Å². The molecule has 1 aromatic rings. The summed E-state index contributed by atoms with van der Waals surface area (Å²) in [6.07, 6.45) is 4.13. The Kier molecular flexibility index (Phi) is 4.74. The SMILES string of the molecule is CC(N)CC(=O)NC1CCN(c2ccccn2)CC1. The molecule has 3 N–H and O–H groups in total. The van der Waals surface area contributed by atoms with Gasteiger partial charge in [0.15, 0.2) is 0 Å². The Morgan fingerprint density at radius 3 is 2.84 bits per heavy atom. The highest BCUT2D eigenvalue weighted by molar-refractivity contribution is 5.76. The Morgan fingerprint density at radius 1 is 1.53 bits per heavy atom. The van der Waals surface area contributed by atoms with Crippen LogP contribution in [0.5, 0.6) is 0 Å². The van der Waals surface area contributed by atoms with Gasteiger partial charge in [0.05, 0.1) is 0 Å². The van der Waals surface area contributed by atoms with Crippen molar-refractivity contribution in [1.29, 1.82) is 0 Å². The van der Waals surface area contributed by atoms with Crippen LogP contribution in [0.4, 0.5) is 5.82 Å². The summed E-state index contributed by atoms with van der Waals surface area (Å²) in [5, 5.41) is 3.06. The topological polar surface area (TPSA) is 71.2 Å². The average molecular weight is 262 g/mol. The van der Waals surface area contributed by atoms with E-state index < -0.39 is 0 Å². The normalized spacial score (nSPS) is 18.1. The van der Waals surface area contributed by atoms with E-state index in [1.807, 2.05) is 31.3 Å². The third kappa shape index (κ3) is 4.21. The summed E-state index contributed by atoms with van der Waals surface area (Å²) in [4.78, 5) is 18.3. The molecule has 19 heavy (non-hydrogen) atoms. The van der Waals surface area contributed by atoms with Crippen LogP contribution in [0.3, 0.4) is 0 Å². The highest BCUT2D eigenvalue weighted by Crippen LogP contribution is 2.17. The number of aromatic nitrogens is 1. The van der Waals surface area contributed by atoms with Crippen molar-refractivity contribution >= 4 is 11.7 Å². The van der Waals surface area contributed by atoms with Crippen molar-refractivity contribution in [2.24, 2.45) is 5.73 Å². The third-order valence-corrected chi connectivity index (χ3v) is 3.34. The molecule has 1 aliphatic heterocycles. The molecule has 1 unspecified atom stereocenters. The van der Waals surface area contributed by atoms with Crippen LogP contribution in [0.2, 0.25) is 0 Å². The third-order valence-electron chi connectivity index (χ3n) is 3.34. The lowest BCUT2D eigenvalue weighted by atomic mass is 10.0. The molecule has 1 amide bonds. The lowest BCUT2D eigenvalue weighted by Crippen LogP contribution is -2.45. The molecule has 1 fully saturated rings. The van der Waals surface area contributed by atoms with E-state index in [1.165, 1.54) is 0 Å². The van der Waals surface area contributed by atoms with Crippen molar-refractivity contribution in [3.63, 3.8) is 0 Å². The van der Waals surface area contributed by atoms with E-state index in [0.717, 1.165) is 31.7 Å². The lowest BCUT2D eigenvalue weighted by Gasteiger charge is -2.33. The molecule has 2 heterocycles. The van der Waals surface area contributed by atoms with Crippen LogP contribution in [-0.2, 0) is 4.79 Å². The first kappa shape index (κ1) is 13.8. The second-order valence-corrected chi connectivity index (χ2v) is 5.20. The molecule has 1 saturated heterocycles. The molecule has 104 valence electrons. The minimum absolute atomic E-state index is 0.0614. The number of nitrogens with zero attached hydrogens (tertiary/aromatic N) is 2. The zero-order valence-corrected chi connectivity index (χ0v) is 11.4. The summed E-state index contributed by atoms with van der Waals surface area (Å²) in [5.41, 5.74) is 5.62. The van der Waals surface area contributed by atoms with Crippen molar-refractivity contribution in [2.45, 2.75) is 38.3 Å². The largest absolute Gasteiger partial charge is 0.356 e. The number of carbonyl (C=O) groups is 1. The molecule has 0 aromatic carbocycles. The van der Waals surface area contributed by atoms with Crippen LogP contribution < -0.4 is 16.0 Å². The second-order valence-electron chi connectivity index (χ2n) is 5.20. The zero-order valence-electron chi connectivity index (χ0n) is 11.4. The Bertz CT molecular complexity index is 399. The molecule has 0 aliphatic carbocycles. The van der Waals surface area contributed by atoms with Crippen molar-refractivity contribution in [3.8, 4) is 0 Å². The van der Waals surface area contributed by atoms with E-state index in [4.69, 9.17) is 5.73 Å². The highest BCUT2D eigenvalue weighted by Gasteiger charge is 2.21. The molecule has 0 spiro atoms. The van der Waals surface area contributed by atoms with E-state index in [9.17, 15) is 4.79 Å². The van der Waals surface area contributed by atoms with E-state index in [-0.39, 0.29) is 18.0 Å². The molecule has 0 radical (unpaired) electrons. The highest BCUT2D eigenvalue weighted by atomic mass is 16.1. The lowest BCUT2D eigenvalue weighted by molar-refractivity contribution is -0.122. The first-order chi connectivity index (χ1) is 9.15. The van der Waals surface area contributed by atoms with Crippen molar-refractivity contribution in [3.05, 3.63) is 24.4 Å². The molecule has 5 nitrogen and oxygen atoms in total. The number of nitrogens with two attached hydrogens (primary N) is 1. The maximum absolute atomic E-state index is 11.7. The quantitative estimate of drug-likeness (QED) is 0.846. The van der Waals surface area contributed by atoms with Crippen LogP contribution in [0.1, 0.15) is 26.2 Å². The van der Waals surface area contributed by atoms with Crippen LogP contribution in [0.25, 0.3) is 0 Å². The fraction of sp³-hybridized carbons (Fsp3) is 0.571. The maximum atomic E-state index is 11.7. The first-order valence-corrected chi connectivity index (χ1v) is 6.86. The van der Waals surface area contributed by atoms with Gasteiger partial charge in [-0.15, -0.1) is 0 Å². The van der Waals surface area contributed by atoms with E-state index in [1.54, 1.807) is 0 Å². The summed E-state index contributed by atoms with van der Waals surface area (Å²) in [6.45, 7) is 3.71. The maximum Gasteiger partial charge on any atom is 0.221 e. The number of rotatable bonds is 4. The van der Waals surface area contributed by atoms with Gasteiger partial charge in [0.1, 0.15) is 5.82 Å². The van der Waals surface area contributed by atoms with Gasteiger partial charge in [-0.3, -0.25) is 4.79 Å². The van der Waals surface area contributed by atoms with Gasteiger partial charge in [-0.1, -0.05) is 6.07 Å². The van der Waals surface area contributed by atoms with Gasteiger partial charge in [-0.25, -0.2) is 4.98 Å². The molecule has 2 rings (SSSR count). The minimum Gasteiger partial charge on any atom is -0.356 e. The molecular formula is C14H22N4O. The standard InChI is InChI=1S/C14H22N4O/c1-11(15)10-14(19)17-12-5-8-18(9-6-12)13-4-2-3-7-16-13/h2-4,7,11-12H,5-6,8-10,15H2,1H3,(H,17,19). The Morgan fingerprint density at radius 2 is 2.26 bits per heavy atom. The Labute approximate surface area is 114 Å². The van der Waals surface area contributed by atoms with E-state index >= 15 is 0 Å². The van der Waals surface area contributed by atoms with Crippen molar-refractivity contribution in [2.75, 3.05) is 18.0 Å². The Hall–Kier alpha value is -1.62. The summed E-state index contributed by atoms with van der Waals surface area (Å²) in [5.74, 6) is 1.08. The zero-order chi connectivity index (χ0) is 13.7. The van der Waals surface area contributed by atoms with E-state index in [2.05, 4.69) is 15.2 Å². The van der Waals surface area contributed by atoms with Crippen LogP contribution in [-0.4, -0.2) is 36.1 Å². The number of hydrogen-bond donors (Lipinski definition) is 2. The molecular weight excluding hydrogens is 240 g/mol. The fourth-order valence-corrected chi connectivity index (χ4v) is 2.37. The van der Waals surface area contributed by atoms with Crippen molar-refractivity contribution < 1.29 is 4.79 Å². The van der Waals surface area contributed by atoms with Gasteiger partial charge < -0.3 is 16.0 Å². The van der Waals surface area contributed by atoms with Crippen LogP contribution in [0, 0.1) is 0 Å². The van der Waals surface area contributed by atoms with Gasteiger partial charge in [-0.05, 0) is 31.9 Å². The van der Waals surface area contributed by atoms with Crippen molar-refractivity contribution in [1.82, 2.24) is 10.3 Å². The predicted octanol–water partition coefficient (Wildman–Crippen LogP) is 0.904. The number of anilines is 1. The van der Waals surface area contributed by atoms with Crippen LogP contribution >= 0.6 is 0 Å². The second kappa shape index (κ2) is 6.52. The molecule has 1 aromatic heterocycles. The predicted molar refractivity (Wildman–Crippen MR) is 75.9 cm³/mol. The summed E-state index contributed by atoms with van der Waals surface area (Å²) < 4.78 is 0. The number of pyridine rings is 1. The van der Waals surface area contributed by atoms with Gasteiger partial charge in [0.2, 0.25) is 5.91 Å². The molecule has 1 aliphatic rings. The monoisotopic (exact) mass is 262 g/mol. The number of amides is 1. The first-order valence-electron chi connectivity index (χ1n) is 6.86. The Balaban J connectivity index is 1.78. The number of carbonyl (C=O) groups excluding carboxylic acids is 1. The summed E-state index contributed by atoms with van der Waals surface area (Å²) >= 11 is 0.